The Hall–Kier alpha value is -1.07. The van der Waals surface area contributed by atoms with Gasteiger partial charge in [-0.15, -0.1) is 5.10 Å². The number of aryl methyl sites for hydroxylation is 1. The minimum Gasteiger partial charge on any atom is -0.252 e. The Kier molecular flexibility index (Phi) is 2.82. The second-order valence-corrected chi connectivity index (χ2v) is 3.22. The topological polar surface area (TPSA) is 30.7 Å². The molecule has 1 atom stereocenters. The maximum absolute atomic E-state index is 12.2. The Balaban J connectivity index is 3.05. The van der Waals surface area contributed by atoms with Crippen LogP contribution in [0, 0.1) is 0 Å². The molecule has 0 radical (unpaired) electrons. The monoisotopic (exact) mass is 207 g/mol. The summed E-state index contributed by atoms with van der Waals surface area (Å²) in [5.41, 5.74) is 0. The molecule has 1 rings (SSSR count). The van der Waals surface area contributed by atoms with E-state index in [1.807, 2.05) is 13.8 Å². The molecule has 1 heterocycles. The lowest BCUT2D eigenvalue weighted by molar-refractivity contribution is -0.145. The summed E-state index contributed by atoms with van der Waals surface area (Å²) in [5, 5.41) is 3.33. The van der Waals surface area contributed by atoms with Crippen LogP contribution < -0.4 is 0 Å². The van der Waals surface area contributed by atoms with Gasteiger partial charge in [-0.05, 0) is 6.42 Å². The number of aromatic nitrogens is 3. The van der Waals surface area contributed by atoms with Crippen LogP contribution in [0.1, 0.15) is 37.8 Å². The molecule has 0 amide bonds. The highest BCUT2D eigenvalue weighted by Gasteiger charge is 2.37. The molecule has 14 heavy (non-hydrogen) atoms. The first-order valence-electron chi connectivity index (χ1n) is 4.34. The number of halogens is 3. The fraction of sp³-hybridized carbons (Fsp3) is 0.750. The summed E-state index contributed by atoms with van der Waals surface area (Å²) in [6.45, 7) is 3.72. The molecule has 3 nitrogen and oxygen atoms in total. The smallest absolute Gasteiger partial charge is 0.252 e. The maximum Gasteiger partial charge on any atom is 0.453 e. The SMILES string of the molecule is CCC(C)c1nc(C(F)(F)F)nn1C. The Labute approximate surface area is 79.9 Å². The Bertz CT molecular complexity index is 316. The molecule has 6 heteroatoms. The number of rotatable bonds is 2. The summed E-state index contributed by atoms with van der Waals surface area (Å²) in [7, 11) is 1.48. The number of hydrogen-bond donors (Lipinski definition) is 0. The summed E-state index contributed by atoms with van der Waals surface area (Å²) < 4.78 is 37.8. The Morgan fingerprint density at radius 2 is 2.00 bits per heavy atom. The van der Waals surface area contributed by atoms with Crippen molar-refractivity contribution in [3.05, 3.63) is 11.6 Å². The van der Waals surface area contributed by atoms with Crippen molar-refractivity contribution in [3.8, 4) is 0 Å². The largest absolute Gasteiger partial charge is 0.453 e. The first-order chi connectivity index (χ1) is 6.36. The van der Waals surface area contributed by atoms with E-state index in [0.717, 1.165) is 6.42 Å². The van der Waals surface area contributed by atoms with Crippen LogP contribution in [0.5, 0.6) is 0 Å². The van der Waals surface area contributed by atoms with Crippen molar-refractivity contribution >= 4 is 0 Å². The molecule has 1 aromatic heterocycles. The highest BCUT2D eigenvalue weighted by molar-refractivity contribution is 5.00. The molecule has 1 aromatic rings. The summed E-state index contributed by atoms with van der Waals surface area (Å²) >= 11 is 0. The van der Waals surface area contributed by atoms with Crippen LogP contribution in [0.4, 0.5) is 13.2 Å². The number of hydrogen-bond acceptors (Lipinski definition) is 2. The molecule has 0 aliphatic heterocycles. The van der Waals surface area contributed by atoms with E-state index in [-0.39, 0.29) is 5.92 Å². The molecule has 0 aliphatic rings. The fourth-order valence-electron chi connectivity index (χ4n) is 1.13. The third-order valence-corrected chi connectivity index (χ3v) is 2.10. The minimum absolute atomic E-state index is 0.0106. The van der Waals surface area contributed by atoms with E-state index < -0.39 is 12.0 Å². The van der Waals surface area contributed by atoms with Gasteiger partial charge < -0.3 is 0 Å². The van der Waals surface area contributed by atoms with Crippen LogP contribution >= 0.6 is 0 Å². The summed E-state index contributed by atoms with van der Waals surface area (Å²) in [6, 6.07) is 0. The molecule has 0 aliphatic carbocycles. The normalized spacial score (nSPS) is 14.4. The predicted molar refractivity (Wildman–Crippen MR) is 44.7 cm³/mol. The molecular formula is C8H12F3N3. The first kappa shape index (κ1) is 11.0. The van der Waals surface area contributed by atoms with Crippen molar-refractivity contribution in [2.45, 2.75) is 32.4 Å². The van der Waals surface area contributed by atoms with Crippen molar-refractivity contribution in [3.63, 3.8) is 0 Å². The van der Waals surface area contributed by atoms with E-state index in [0.29, 0.717) is 5.82 Å². The standard InChI is InChI=1S/C8H12F3N3/c1-4-5(2)6-12-7(8(9,10)11)13-14(6)3/h5H,4H2,1-3H3. The number of alkyl halides is 3. The van der Waals surface area contributed by atoms with Gasteiger partial charge in [-0.1, -0.05) is 13.8 Å². The van der Waals surface area contributed by atoms with E-state index in [2.05, 4.69) is 10.1 Å². The van der Waals surface area contributed by atoms with Gasteiger partial charge in [0.2, 0.25) is 0 Å². The van der Waals surface area contributed by atoms with E-state index in [1.165, 1.54) is 11.7 Å². The molecule has 0 bridgehead atoms. The average molecular weight is 207 g/mol. The summed E-state index contributed by atoms with van der Waals surface area (Å²) in [4.78, 5) is 3.48. The lowest BCUT2D eigenvalue weighted by Gasteiger charge is -2.05. The highest BCUT2D eigenvalue weighted by Crippen LogP contribution is 2.27. The van der Waals surface area contributed by atoms with Crippen molar-refractivity contribution in [2.75, 3.05) is 0 Å². The average Bonchev–Trinajstić information content (AvgIpc) is 2.45. The molecule has 80 valence electrons. The first-order valence-corrected chi connectivity index (χ1v) is 4.34. The lowest BCUT2D eigenvalue weighted by Crippen LogP contribution is -2.08. The fourth-order valence-corrected chi connectivity index (χ4v) is 1.13. The quantitative estimate of drug-likeness (QED) is 0.745. The molecule has 1 unspecified atom stereocenters. The highest BCUT2D eigenvalue weighted by atomic mass is 19.4. The van der Waals surface area contributed by atoms with Crippen LogP contribution in [0.2, 0.25) is 0 Å². The van der Waals surface area contributed by atoms with Gasteiger partial charge in [0.25, 0.3) is 5.82 Å². The Morgan fingerprint density at radius 3 is 2.36 bits per heavy atom. The van der Waals surface area contributed by atoms with Gasteiger partial charge in [0.1, 0.15) is 5.82 Å². The van der Waals surface area contributed by atoms with Gasteiger partial charge in [0.05, 0.1) is 0 Å². The van der Waals surface area contributed by atoms with Crippen LogP contribution in [-0.4, -0.2) is 14.8 Å². The zero-order valence-corrected chi connectivity index (χ0v) is 8.26. The van der Waals surface area contributed by atoms with Gasteiger partial charge in [-0.3, -0.25) is 4.68 Å². The summed E-state index contributed by atoms with van der Waals surface area (Å²) in [5.74, 6) is -0.696. The van der Waals surface area contributed by atoms with Gasteiger partial charge in [-0.25, -0.2) is 4.98 Å². The zero-order valence-electron chi connectivity index (χ0n) is 8.26. The van der Waals surface area contributed by atoms with Crippen LogP contribution in [0.15, 0.2) is 0 Å². The van der Waals surface area contributed by atoms with Gasteiger partial charge in [0.15, 0.2) is 0 Å². The van der Waals surface area contributed by atoms with Gasteiger partial charge in [-0.2, -0.15) is 13.2 Å². The molecule has 0 saturated carbocycles. The molecule has 0 spiro atoms. The van der Waals surface area contributed by atoms with Gasteiger partial charge in [0, 0.05) is 13.0 Å². The molecule has 0 fully saturated rings. The van der Waals surface area contributed by atoms with E-state index in [1.54, 1.807) is 0 Å². The van der Waals surface area contributed by atoms with Crippen LogP contribution in [0.3, 0.4) is 0 Å². The van der Waals surface area contributed by atoms with Crippen molar-refractivity contribution in [1.29, 1.82) is 0 Å². The van der Waals surface area contributed by atoms with E-state index in [4.69, 9.17) is 0 Å². The van der Waals surface area contributed by atoms with Crippen molar-refractivity contribution < 1.29 is 13.2 Å². The molecule has 0 N–H and O–H groups in total. The summed E-state index contributed by atoms with van der Waals surface area (Å²) in [6.07, 6.45) is -3.71. The third-order valence-electron chi connectivity index (χ3n) is 2.10. The van der Waals surface area contributed by atoms with Crippen LogP contribution in [-0.2, 0) is 13.2 Å². The second kappa shape index (κ2) is 3.59. The molecule has 0 aromatic carbocycles. The minimum atomic E-state index is -4.45. The second-order valence-electron chi connectivity index (χ2n) is 3.22. The molecular weight excluding hydrogens is 195 g/mol. The van der Waals surface area contributed by atoms with Crippen molar-refractivity contribution in [2.24, 2.45) is 7.05 Å². The van der Waals surface area contributed by atoms with Gasteiger partial charge >= 0.3 is 6.18 Å². The molecule has 0 saturated heterocycles. The van der Waals surface area contributed by atoms with Crippen LogP contribution in [0.25, 0.3) is 0 Å². The predicted octanol–water partition coefficient (Wildman–Crippen LogP) is 2.35. The lowest BCUT2D eigenvalue weighted by atomic mass is 10.1. The van der Waals surface area contributed by atoms with E-state index >= 15 is 0 Å². The van der Waals surface area contributed by atoms with E-state index in [9.17, 15) is 13.2 Å². The zero-order chi connectivity index (χ0) is 10.9. The Morgan fingerprint density at radius 1 is 1.43 bits per heavy atom. The van der Waals surface area contributed by atoms with Crippen molar-refractivity contribution in [1.82, 2.24) is 14.8 Å². The third kappa shape index (κ3) is 2.05. The number of nitrogens with zero attached hydrogens (tertiary/aromatic N) is 3. The maximum atomic E-state index is 12.2.